The van der Waals surface area contributed by atoms with Gasteiger partial charge < -0.3 is 16.4 Å². The molecule has 0 spiro atoms. The lowest BCUT2D eigenvalue weighted by molar-refractivity contribution is -0.129. The minimum absolute atomic E-state index is 0. The van der Waals surface area contributed by atoms with Gasteiger partial charge in [0.2, 0.25) is 11.8 Å². The lowest BCUT2D eigenvalue weighted by Crippen LogP contribution is -2.47. The van der Waals surface area contributed by atoms with Crippen LogP contribution in [0.3, 0.4) is 0 Å². The van der Waals surface area contributed by atoms with E-state index in [4.69, 9.17) is 17.3 Å². The first-order valence-corrected chi connectivity index (χ1v) is 9.13. The molecule has 2 unspecified atom stereocenters. The maximum Gasteiger partial charge on any atom is 0.234 e. The van der Waals surface area contributed by atoms with Crippen molar-refractivity contribution in [3.05, 3.63) is 34.9 Å². The summed E-state index contributed by atoms with van der Waals surface area (Å²) in [5.74, 6) is -0.107. The molecule has 1 heterocycles. The lowest BCUT2D eigenvalue weighted by Gasteiger charge is -2.31. The van der Waals surface area contributed by atoms with Crippen LogP contribution in [0.15, 0.2) is 24.3 Å². The van der Waals surface area contributed by atoms with Crippen LogP contribution in [0.4, 0.5) is 0 Å². The summed E-state index contributed by atoms with van der Waals surface area (Å²) < 4.78 is 0. The molecule has 2 atom stereocenters. The van der Waals surface area contributed by atoms with Crippen LogP contribution in [0.2, 0.25) is 5.02 Å². The molecule has 1 aliphatic rings. The Hall–Kier alpha value is -1.34. The van der Waals surface area contributed by atoms with E-state index in [2.05, 4.69) is 10.6 Å². The van der Waals surface area contributed by atoms with Gasteiger partial charge in [0.1, 0.15) is 0 Å². The van der Waals surface area contributed by atoms with Gasteiger partial charge in [0.25, 0.3) is 0 Å². The van der Waals surface area contributed by atoms with E-state index in [0.717, 1.165) is 24.9 Å². The molecule has 6 nitrogen and oxygen atoms in total. The van der Waals surface area contributed by atoms with Gasteiger partial charge in [-0.2, -0.15) is 0 Å². The second-order valence-corrected chi connectivity index (χ2v) is 6.87. The molecule has 0 aromatic heterocycles. The summed E-state index contributed by atoms with van der Waals surface area (Å²) in [6.45, 7) is 4.56. The Morgan fingerprint density at radius 1 is 1.38 bits per heavy atom. The number of halogens is 2. The topological polar surface area (TPSA) is 87.5 Å². The Bertz CT molecular complexity index is 600. The van der Waals surface area contributed by atoms with Gasteiger partial charge >= 0.3 is 0 Å². The van der Waals surface area contributed by atoms with Crippen molar-refractivity contribution in [2.45, 2.75) is 25.8 Å². The predicted octanol–water partition coefficient (Wildman–Crippen LogP) is 1.73. The van der Waals surface area contributed by atoms with Gasteiger partial charge in [-0.15, -0.1) is 12.4 Å². The molecule has 26 heavy (non-hydrogen) atoms. The highest BCUT2D eigenvalue weighted by Gasteiger charge is 2.26. The van der Waals surface area contributed by atoms with Crippen molar-refractivity contribution < 1.29 is 9.59 Å². The zero-order chi connectivity index (χ0) is 18.2. The highest BCUT2D eigenvalue weighted by molar-refractivity contribution is 6.31. The third-order valence-corrected chi connectivity index (χ3v) is 4.78. The van der Waals surface area contributed by atoms with Crippen LogP contribution in [0.5, 0.6) is 0 Å². The monoisotopic (exact) mass is 402 g/mol. The zero-order valence-electron chi connectivity index (χ0n) is 15.0. The molecule has 8 heteroatoms. The van der Waals surface area contributed by atoms with E-state index in [-0.39, 0.29) is 42.7 Å². The second-order valence-electron chi connectivity index (χ2n) is 6.46. The number of rotatable bonds is 7. The molecule has 4 N–H and O–H groups in total. The minimum Gasteiger partial charge on any atom is -0.355 e. The zero-order valence-corrected chi connectivity index (χ0v) is 16.6. The molecule has 1 aromatic rings. The highest BCUT2D eigenvalue weighted by Crippen LogP contribution is 2.22. The molecule has 0 saturated carbocycles. The maximum atomic E-state index is 12.3. The van der Waals surface area contributed by atoms with E-state index in [1.807, 2.05) is 36.1 Å². The average molecular weight is 403 g/mol. The molecule has 1 aliphatic heterocycles. The first-order valence-electron chi connectivity index (χ1n) is 8.75. The molecular weight excluding hydrogens is 375 g/mol. The van der Waals surface area contributed by atoms with E-state index in [1.165, 1.54) is 0 Å². The van der Waals surface area contributed by atoms with Gasteiger partial charge in [0, 0.05) is 24.7 Å². The Balaban J connectivity index is 0.00000338. The predicted molar refractivity (Wildman–Crippen MR) is 106 cm³/mol. The normalized spacial score (nSPS) is 18.5. The lowest BCUT2D eigenvalue weighted by atomic mass is 9.97. The number of carbonyl (C=O) groups is 2. The Morgan fingerprint density at radius 2 is 2.12 bits per heavy atom. The van der Waals surface area contributed by atoms with Crippen molar-refractivity contribution in [1.29, 1.82) is 0 Å². The standard InChI is InChI=1S/C18H27ClN4O2.ClH/c1-13(15-6-2-3-7-16(15)19)22-17(24)12-23-10-4-5-14(11-23)18(25)21-9-8-20;/h2-3,6-7,13-14H,4-5,8-12,20H2,1H3,(H,21,25)(H,22,24);1H. The number of carbonyl (C=O) groups excluding carboxylic acids is 2. The van der Waals surface area contributed by atoms with E-state index < -0.39 is 0 Å². The van der Waals surface area contributed by atoms with Crippen LogP contribution in [0.1, 0.15) is 31.4 Å². The number of nitrogens with zero attached hydrogens (tertiary/aromatic N) is 1. The van der Waals surface area contributed by atoms with Crippen LogP contribution < -0.4 is 16.4 Å². The molecule has 1 fully saturated rings. The molecular formula is C18H28Cl2N4O2. The molecule has 2 rings (SSSR count). The van der Waals surface area contributed by atoms with Crippen LogP contribution >= 0.6 is 24.0 Å². The average Bonchev–Trinajstić information content (AvgIpc) is 2.60. The molecule has 146 valence electrons. The minimum atomic E-state index is -0.158. The molecule has 0 radical (unpaired) electrons. The van der Waals surface area contributed by atoms with Crippen molar-refractivity contribution in [2.24, 2.45) is 11.7 Å². The maximum absolute atomic E-state index is 12.3. The molecule has 1 saturated heterocycles. The van der Waals surface area contributed by atoms with E-state index in [0.29, 0.717) is 24.7 Å². The van der Waals surface area contributed by atoms with Crippen molar-refractivity contribution in [2.75, 3.05) is 32.7 Å². The highest BCUT2D eigenvalue weighted by atomic mass is 35.5. The Kier molecular flexibility index (Phi) is 9.94. The van der Waals surface area contributed by atoms with Crippen LogP contribution in [-0.4, -0.2) is 49.4 Å². The van der Waals surface area contributed by atoms with Crippen molar-refractivity contribution in [1.82, 2.24) is 15.5 Å². The number of hydrogen-bond donors (Lipinski definition) is 3. The van der Waals surface area contributed by atoms with E-state index in [1.54, 1.807) is 0 Å². The number of amides is 2. The first-order chi connectivity index (χ1) is 12.0. The molecule has 1 aromatic carbocycles. The third kappa shape index (κ3) is 6.76. The number of hydrogen-bond acceptors (Lipinski definition) is 4. The van der Waals surface area contributed by atoms with Gasteiger partial charge in [0.15, 0.2) is 0 Å². The second kappa shape index (κ2) is 11.4. The fourth-order valence-electron chi connectivity index (χ4n) is 3.15. The fourth-order valence-corrected chi connectivity index (χ4v) is 3.45. The van der Waals surface area contributed by atoms with Crippen molar-refractivity contribution in [3.8, 4) is 0 Å². The Morgan fingerprint density at radius 3 is 2.81 bits per heavy atom. The summed E-state index contributed by atoms with van der Waals surface area (Å²) in [5.41, 5.74) is 6.32. The van der Waals surface area contributed by atoms with Gasteiger partial charge in [-0.05, 0) is 37.9 Å². The fraction of sp³-hybridized carbons (Fsp3) is 0.556. The largest absolute Gasteiger partial charge is 0.355 e. The molecule has 0 bridgehead atoms. The van der Waals surface area contributed by atoms with E-state index >= 15 is 0 Å². The van der Waals surface area contributed by atoms with Crippen molar-refractivity contribution in [3.63, 3.8) is 0 Å². The quantitative estimate of drug-likeness (QED) is 0.647. The van der Waals surface area contributed by atoms with Crippen LogP contribution in [0, 0.1) is 5.92 Å². The van der Waals surface area contributed by atoms with Gasteiger partial charge in [-0.3, -0.25) is 14.5 Å². The summed E-state index contributed by atoms with van der Waals surface area (Å²) in [6.07, 6.45) is 1.76. The summed E-state index contributed by atoms with van der Waals surface area (Å²) in [4.78, 5) is 26.5. The van der Waals surface area contributed by atoms with Crippen molar-refractivity contribution >= 4 is 35.8 Å². The number of nitrogens with two attached hydrogens (primary N) is 1. The van der Waals surface area contributed by atoms with Gasteiger partial charge in [-0.1, -0.05) is 29.8 Å². The molecule has 0 aliphatic carbocycles. The van der Waals surface area contributed by atoms with Crippen LogP contribution in [-0.2, 0) is 9.59 Å². The number of benzene rings is 1. The summed E-state index contributed by atoms with van der Waals surface area (Å²) in [7, 11) is 0. The van der Waals surface area contributed by atoms with E-state index in [9.17, 15) is 9.59 Å². The number of likely N-dealkylation sites (tertiary alicyclic amines) is 1. The molecule has 2 amide bonds. The first kappa shape index (κ1) is 22.7. The number of nitrogens with one attached hydrogen (secondary N) is 2. The summed E-state index contributed by atoms with van der Waals surface area (Å²) >= 11 is 6.17. The smallest absolute Gasteiger partial charge is 0.234 e. The summed E-state index contributed by atoms with van der Waals surface area (Å²) in [5, 5.41) is 6.45. The SMILES string of the molecule is CC(NC(=O)CN1CCCC(C(=O)NCCN)C1)c1ccccc1Cl.Cl. The van der Waals surface area contributed by atoms with Crippen LogP contribution in [0.25, 0.3) is 0 Å². The Labute approximate surface area is 166 Å². The third-order valence-electron chi connectivity index (χ3n) is 4.44. The van der Waals surface area contributed by atoms with Gasteiger partial charge in [-0.25, -0.2) is 0 Å². The number of piperidine rings is 1. The summed E-state index contributed by atoms with van der Waals surface area (Å²) in [6, 6.07) is 7.33. The van der Waals surface area contributed by atoms with Gasteiger partial charge in [0.05, 0.1) is 18.5 Å².